The number of fused-ring (bicyclic) bond motifs is 2. The Bertz CT molecular complexity index is 913. The molecule has 4 nitrogen and oxygen atoms in total. The van der Waals surface area contributed by atoms with Gasteiger partial charge in [-0.2, -0.15) is 0 Å². The van der Waals surface area contributed by atoms with E-state index >= 15 is 0 Å². The first-order valence-electron chi connectivity index (χ1n) is 6.91. The number of aromatic nitrogens is 2. The number of nitrogens with one attached hydrogen (secondary N) is 1. The first-order chi connectivity index (χ1) is 11.2. The summed E-state index contributed by atoms with van der Waals surface area (Å²) in [6.07, 6.45) is 2.08. The van der Waals surface area contributed by atoms with Gasteiger partial charge in [0.2, 0.25) is 0 Å². The van der Waals surface area contributed by atoms with Crippen molar-refractivity contribution in [3.8, 4) is 5.75 Å². The van der Waals surface area contributed by atoms with E-state index in [4.69, 9.17) is 4.74 Å². The molecule has 2 aromatic carbocycles. The maximum atomic E-state index is 5.26. The highest BCUT2D eigenvalue weighted by Crippen LogP contribution is 2.34. The van der Waals surface area contributed by atoms with Crippen molar-refractivity contribution in [3.63, 3.8) is 0 Å². The van der Waals surface area contributed by atoms with Crippen molar-refractivity contribution in [1.29, 1.82) is 0 Å². The molecule has 1 N–H and O–H groups in total. The van der Waals surface area contributed by atoms with Crippen LogP contribution in [0.4, 0.5) is 10.3 Å². The minimum absolute atomic E-state index is 0.845. The van der Waals surface area contributed by atoms with E-state index in [1.54, 1.807) is 41.5 Å². The first-order valence-corrected chi connectivity index (χ1v) is 9.77. The Morgan fingerprint density at radius 3 is 2.26 bits per heavy atom. The molecule has 0 aliphatic carbocycles. The van der Waals surface area contributed by atoms with E-state index in [0.717, 1.165) is 31.7 Å². The third-order valence-corrected chi connectivity index (χ3v) is 6.00. The van der Waals surface area contributed by atoms with Crippen LogP contribution in [-0.2, 0) is 0 Å². The molecule has 0 spiro atoms. The summed E-state index contributed by atoms with van der Waals surface area (Å²) in [4.78, 5) is 10.5. The fraction of sp³-hybridized carbons (Fsp3) is 0.125. The monoisotopic (exact) mass is 359 g/mol. The molecule has 23 heavy (non-hydrogen) atoms. The van der Waals surface area contributed by atoms with E-state index in [1.165, 1.54) is 9.60 Å². The molecule has 0 fully saturated rings. The molecule has 0 amide bonds. The van der Waals surface area contributed by atoms with Gasteiger partial charge in [-0.15, -0.1) is 11.8 Å². The molecule has 4 rings (SSSR count). The smallest absolute Gasteiger partial charge is 0.190 e. The third kappa shape index (κ3) is 2.87. The third-order valence-electron chi connectivity index (χ3n) is 3.41. The summed E-state index contributed by atoms with van der Waals surface area (Å²) in [7, 11) is 1.67. The van der Waals surface area contributed by atoms with Crippen LogP contribution in [-0.4, -0.2) is 23.3 Å². The van der Waals surface area contributed by atoms with E-state index in [2.05, 4.69) is 39.7 Å². The number of anilines is 2. The van der Waals surface area contributed by atoms with Gasteiger partial charge in [0.15, 0.2) is 10.3 Å². The van der Waals surface area contributed by atoms with Crippen molar-refractivity contribution in [2.75, 3.05) is 18.7 Å². The van der Waals surface area contributed by atoms with Crippen LogP contribution in [0.2, 0.25) is 0 Å². The molecule has 0 atom stereocenters. The highest BCUT2D eigenvalue weighted by Gasteiger charge is 2.09. The SMILES string of the molecule is COc1ccc2nc(Nc3nc4ccc(SC)cc4s3)sc2c1. The number of hydrogen-bond donors (Lipinski definition) is 1. The summed E-state index contributed by atoms with van der Waals surface area (Å²) in [5, 5.41) is 5.03. The second-order valence-electron chi connectivity index (χ2n) is 4.83. The lowest BCUT2D eigenvalue weighted by atomic mass is 10.3. The van der Waals surface area contributed by atoms with E-state index < -0.39 is 0 Å². The number of ether oxygens (including phenoxy) is 1. The number of rotatable bonds is 4. The summed E-state index contributed by atoms with van der Waals surface area (Å²) in [6, 6.07) is 12.2. The number of thiazole rings is 2. The molecule has 0 saturated carbocycles. The van der Waals surface area contributed by atoms with Gasteiger partial charge in [-0.3, -0.25) is 0 Å². The normalized spacial score (nSPS) is 11.2. The lowest BCUT2D eigenvalue weighted by molar-refractivity contribution is 0.415. The van der Waals surface area contributed by atoms with Gasteiger partial charge in [0.05, 0.1) is 27.5 Å². The van der Waals surface area contributed by atoms with Gasteiger partial charge in [0.1, 0.15) is 5.75 Å². The Morgan fingerprint density at radius 2 is 1.61 bits per heavy atom. The predicted molar refractivity (Wildman–Crippen MR) is 101 cm³/mol. The number of hydrogen-bond acceptors (Lipinski definition) is 7. The maximum Gasteiger partial charge on any atom is 0.190 e. The molecule has 2 heterocycles. The summed E-state index contributed by atoms with van der Waals surface area (Å²) in [6.45, 7) is 0. The highest BCUT2D eigenvalue weighted by atomic mass is 32.2. The Morgan fingerprint density at radius 1 is 0.957 bits per heavy atom. The standard InChI is InChI=1S/C16H13N3OS3/c1-20-9-3-5-11-13(7-9)22-15(17-11)19-16-18-12-6-4-10(21-2)8-14(12)23-16/h3-8H,1-2H3,(H,17,18,19). The van der Waals surface area contributed by atoms with Crippen LogP contribution in [0.5, 0.6) is 5.75 Å². The van der Waals surface area contributed by atoms with Crippen LogP contribution in [0, 0.1) is 0 Å². The topological polar surface area (TPSA) is 47.0 Å². The van der Waals surface area contributed by atoms with Crippen molar-refractivity contribution in [1.82, 2.24) is 9.97 Å². The van der Waals surface area contributed by atoms with Gasteiger partial charge in [-0.25, -0.2) is 9.97 Å². The summed E-state index contributed by atoms with van der Waals surface area (Å²) in [5.74, 6) is 0.845. The molecule has 0 unspecified atom stereocenters. The number of thioether (sulfide) groups is 1. The van der Waals surface area contributed by atoms with Crippen molar-refractivity contribution in [3.05, 3.63) is 36.4 Å². The van der Waals surface area contributed by atoms with E-state index in [0.29, 0.717) is 0 Å². The van der Waals surface area contributed by atoms with Gasteiger partial charge in [0.25, 0.3) is 0 Å². The molecule has 0 saturated heterocycles. The predicted octanol–water partition coefficient (Wildman–Crippen LogP) is 5.38. The van der Waals surface area contributed by atoms with Crippen molar-refractivity contribution in [2.45, 2.75) is 4.90 Å². The largest absolute Gasteiger partial charge is 0.497 e. The van der Waals surface area contributed by atoms with Crippen LogP contribution in [0.25, 0.3) is 20.4 Å². The highest BCUT2D eigenvalue weighted by molar-refractivity contribution is 7.98. The zero-order chi connectivity index (χ0) is 15.8. The Balaban J connectivity index is 1.66. The molecule has 0 radical (unpaired) electrons. The average molecular weight is 360 g/mol. The average Bonchev–Trinajstić information content (AvgIpc) is 3.15. The molecule has 7 heteroatoms. The zero-order valence-electron chi connectivity index (χ0n) is 12.5. The minimum Gasteiger partial charge on any atom is -0.497 e. The summed E-state index contributed by atoms with van der Waals surface area (Å²) in [5.41, 5.74) is 1.97. The van der Waals surface area contributed by atoms with Crippen LogP contribution in [0.3, 0.4) is 0 Å². The summed E-state index contributed by atoms with van der Waals surface area (Å²) >= 11 is 4.98. The van der Waals surface area contributed by atoms with Gasteiger partial charge in [0, 0.05) is 4.90 Å². The molecular weight excluding hydrogens is 346 g/mol. The molecule has 0 aliphatic rings. The Kier molecular flexibility index (Phi) is 3.84. The van der Waals surface area contributed by atoms with Crippen molar-refractivity contribution in [2.24, 2.45) is 0 Å². The van der Waals surface area contributed by atoms with E-state index in [9.17, 15) is 0 Å². The lowest BCUT2D eigenvalue weighted by Gasteiger charge is -1.96. The van der Waals surface area contributed by atoms with Gasteiger partial charge in [-0.1, -0.05) is 22.7 Å². The van der Waals surface area contributed by atoms with E-state index in [1.807, 2.05) is 18.2 Å². The fourth-order valence-corrected chi connectivity index (χ4v) is 4.64. The summed E-state index contributed by atoms with van der Waals surface area (Å²) < 4.78 is 7.54. The molecule has 116 valence electrons. The van der Waals surface area contributed by atoms with Crippen molar-refractivity contribution < 1.29 is 4.74 Å². The first kappa shape index (κ1) is 14.7. The number of methoxy groups -OCH3 is 1. The number of benzene rings is 2. The minimum atomic E-state index is 0.845. The van der Waals surface area contributed by atoms with Crippen LogP contribution < -0.4 is 10.1 Å². The van der Waals surface area contributed by atoms with Gasteiger partial charge < -0.3 is 10.1 Å². The Hall–Kier alpha value is -1.83. The molecule has 0 aliphatic heterocycles. The van der Waals surface area contributed by atoms with Crippen molar-refractivity contribution >= 4 is 65.1 Å². The Labute approximate surface area is 145 Å². The fourth-order valence-electron chi connectivity index (χ4n) is 2.26. The van der Waals surface area contributed by atoms with Crippen LogP contribution >= 0.6 is 34.4 Å². The molecule has 4 aromatic rings. The van der Waals surface area contributed by atoms with E-state index in [-0.39, 0.29) is 0 Å². The van der Waals surface area contributed by atoms with Gasteiger partial charge >= 0.3 is 0 Å². The van der Waals surface area contributed by atoms with Crippen LogP contribution in [0.15, 0.2) is 41.3 Å². The quantitative estimate of drug-likeness (QED) is 0.496. The molecular formula is C16H13N3OS3. The second kappa shape index (κ2) is 5.99. The molecule has 2 aromatic heterocycles. The zero-order valence-corrected chi connectivity index (χ0v) is 14.9. The number of nitrogens with zero attached hydrogens (tertiary/aromatic N) is 2. The molecule has 0 bridgehead atoms. The van der Waals surface area contributed by atoms with Crippen LogP contribution in [0.1, 0.15) is 0 Å². The second-order valence-corrected chi connectivity index (χ2v) is 7.77. The van der Waals surface area contributed by atoms with Gasteiger partial charge in [-0.05, 0) is 42.7 Å². The maximum absolute atomic E-state index is 5.26. The lowest BCUT2D eigenvalue weighted by Crippen LogP contribution is -1.87.